The Bertz CT molecular complexity index is 802. The van der Waals surface area contributed by atoms with Crippen molar-refractivity contribution in [2.75, 3.05) is 4.90 Å². The van der Waals surface area contributed by atoms with E-state index in [-0.39, 0.29) is 11.7 Å². The number of carbonyl (C=O) groups excluding carboxylic acids is 1. The Morgan fingerprint density at radius 3 is 2.65 bits per heavy atom. The van der Waals surface area contributed by atoms with Gasteiger partial charge in [-0.05, 0) is 42.8 Å². The first-order valence-corrected chi connectivity index (χ1v) is 7.90. The first-order chi connectivity index (χ1) is 11.1. The van der Waals surface area contributed by atoms with Gasteiger partial charge < -0.3 is 4.90 Å². The molecule has 3 aromatic rings. The second kappa shape index (κ2) is 6.66. The van der Waals surface area contributed by atoms with Crippen LogP contribution in [0, 0.1) is 12.7 Å². The van der Waals surface area contributed by atoms with Gasteiger partial charge in [0.05, 0.1) is 11.6 Å². The third-order valence-electron chi connectivity index (χ3n) is 3.29. The Morgan fingerprint density at radius 1 is 1.26 bits per heavy atom. The van der Waals surface area contributed by atoms with E-state index in [2.05, 4.69) is 9.97 Å². The smallest absolute Gasteiger partial charge is 0.278 e. The van der Waals surface area contributed by atoms with Gasteiger partial charge in [-0.2, -0.15) is 0 Å². The van der Waals surface area contributed by atoms with Crippen LogP contribution < -0.4 is 4.90 Å². The van der Waals surface area contributed by atoms with E-state index in [4.69, 9.17) is 0 Å². The molecule has 0 saturated carbocycles. The van der Waals surface area contributed by atoms with Crippen molar-refractivity contribution in [2.24, 2.45) is 0 Å². The van der Waals surface area contributed by atoms with Crippen LogP contribution in [0.3, 0.4) is 0 Å². The fraction of sp³-hybridized carbons (Fsp3) is 0.118. The SMILES string of the molecule is Cc1nc(C(=O)N(Cc2cccnc2)c2ccc(F)cc2)cs1. The molecule has 0 N–H and O–H groups in total. The normalized spacial score (nSPS) is 10.5. The predicted octanol–water partition coefficient (Wildman–Crippen LogP) is 3.83. The number of benzene rings is 1. The lowest BCUT2D eigenvalue weighted by molar-refractivity contribution is 0.0981. The molecule has 2 aromatic heterocycles. The number of thiazole rings is 1. The van der Waals surface area contributed by atoms with Gasteiger partial charge in [0.2, 0.25) is 0 Å². The van der Waals surface area contributed by atoms with Gasteiger partial charge >= 0.3 is 0 Å². The van der Waals surface area contributed by atoms with E-state index in [0.29, 0.717) is 17.9 Å². The summed E-state index contributed by atoms with van der Waals surface area (Å²) in [5.74, 6) is -0.558. The summed E-state index contributed by atoms with van der Waals surface area (Å²) in [7, 11) is 0. The molecule has 23 heavy (non-hydrogen) atoms. The number of hydrogen-bond acceptors (Lipinski definition) is 4. The topological polar surface area (TPSA) is 46.1 Å². The van der Waals surface area contributed by atoms with Crippen LogP contribution in [0.1, 0.15) is 21.1 Å². The number of amides is 1. The first-order valence-electron chi connectivity index (χ1n) is 7.02. The molecular weight excluding hydrogens is 313 g/mol. The quantitative estimate of drug-likeness (QED) is 0.731. The Morgan fingerprint density at radius 2 is 2.04 bits per heavy atom. The number of halogens is 1. The largest absolute Gasteiger partial charge is 0.303 e. The van der Waals surface area contributed by atoms with Crippen molar-refractivity contribution in [2.45, 2.75) is 13.5 Å². The van der Waals surface area contributed by atoms with Crippen LogP contribution in [-0.2, 0) is 6.54 Å². The molecule has 116 valence electrons. The van der Waals surface area contributed by atoms with Gasteiger partial charge in [-0.3, -0.25) is 9.78 Å². The summed E-state index contributed by atoms with van der Waals surface area (Å²) >= 11 is 1.42. The molecule has 4 nitrogen and oxygen atoms in total. The van der Waals surface area contributed by atoms with Crippen LogP contribution in [0.2, 0.25) is 0 Å². The third kappa shape index (κ3) is 3.60. The highest BCUT2D eigenvalue weighted by molar-refractivity contribution is 7.09. The van der Waals surface area contributed by atoms with Crippen molar-refractivity contribution in [3.05, 3.63) is 76.3 Å². The van der Waals surface area contributed by atoms with Gasteiger partial charge in [0.25, 0.3) is 5.91 Å². The number of pyridine rings is 1. The molecule has 0 aliphatic carbocycles. The van der Waals surface area contributed by atoms with Gasteiger partial charge in [-0.1, -0.05) is 6.07 Å². The molecule has 6 heteroatoms. The second-order valence-corrected chi connectivity index (χ2v) is 6.04. The molecule has 0 aliphatic rings. The van der Waals surface area contributed by atoms with Crippen molar-refractivity contribution in [1.82, 2.24) is 9.97 Å². The molecule has 0 bridgehead atoms. The lowest BCUT2D eigenvalue weighted by atomic mass is 10.2. The van der Waals surface area contributed by atoms with E-state index in [9.17, 15) is 9.18 Å². The van der Waals surface area contributed by atoms with Crippen LogP contribution >= 0.6 is 11.3 Å². The molecule has 2 heterocycles. The molecule has 0 radical (unpaired) electrons. The summed E-state index contributed by atoms with van der Waals surface area (Å²) in [5.41, 5.74) is 1.89. The zero-order chi connectivity index (χ0) is 16.2. The number of nitrogens with zero attached hydrogens (tertiary/aromatic N) is 3. The van der Waals surface area contributed by atoms with Crippen molar-refractivity contribution < 1.29 is 9.18 Å². The summed E-state index contributed by atoms with van der Waals surface area (Å²) in [4.78, 5) is 22.7. The molecule has 0 atom stereocenters. The molecular formula is C17H14FN3OS. The second-order valence-electron chi connectivity index (χ2n) is 4.98. The summed E-state index contributed by atoms with van der Waals surface area (Å²) in [6, 6.07) is 9.56. The average Bonchev–Trinajstić information content (AvgIpc) is 3.00. The number of hydrogen-bond donors (Lipinski definition) is 0. The minimum absolute atomic E-state index is 0.218. The van der Waals surface area contributed by atoms with E-state index in [1.807, 2.05) is 19.1 Å². The fourth-order valence-electron chi connectivity index (χ4n) is 2.18. The standard InChI is InChI=1S/C17H14FN3OS/c1-12-20-16(11-23-12)17(22)21(10-13-3-2-8-19-9-13)15-6-4-14(18)5-7-15/h2-9,11H,10H2,1H3. The molecule has 0 saturated heterocycles. The Kier molecular flexibility index (Phi) is 4.43. The first kappa shape index (κ1) is 15.3. The van der Waals surface area contributed by atoms with Crippen LogP contribution in [0.15, 0.2) is 54.2 Å². The number of carbonyl (C=O) groups is 1. The van der Waals surface area contributed by atoms with E-state index in [1.54, 1.807) is 34.8 Å². The monoisotopic (exact) mass is 327 g/mol. The molecule has 3 rings (SSSR count). The van der Waals surface area contributed by atoms with Crippen LogP contribution in [-0.4, -0.2) is 15.9 Å². The number of aryl methyl sites for hydroxylation is 1. The van der Waals surface area contributed by atoms with Gasteiger partial charge in [-0.15, -0.1) is 11.3 Å². The van der Waals surface area contributed by atoms with E-state index < -0.39 is 0 Å². The third-order valence-corrected chi connectivity index (χ3v) is 4.06. The van der Waals surface area contributed by atoms with E-state index in [1.165, 1.54) is 23.5 Å². The van der Waals surface area contributed by atoms with E-state index in [0.717, 1.165) is 10.6 Å². The van der Waals surface area contributed by atoms with Gasteiger partial charge in [-0.25, -0.2) is 9.37 Å². The molecule has 1 amide bonds. The lowest BCUT2D eigenvalue weighted by Gasteiger charge is -2.22. The molecule has 1 aromatic carbocycles. The number of rotatable bonds is 4. The van der Waals surface area contributed by atoms with Crippen molar-refractivity contribution >= 4 is 22.9 Å². The highest BCUT2D eigenvalue weighted by atomic mass is 32.1. The maximum absolute atomic E-state index is 13.2. The highest BCUT2D eigenvalue weighted by Gasteiger charge is 2.20. The molecule has 0 spiro atoms. The van der Waals surface area contributed by atoms with Crippen LogP contribution in [0.25, 0.3) is 0 Å². The fourth-order valence-corrected chi connectivity index (χ4v) is 2.76. The Balaban J connectivity index is 1.95. The number of aromatic nitrogens is 2. The Hall–Kier alpha value is -2.60. The predicted molar refractivity (Wildman–Crippen MR) is 88.0 cm³/mol. The lowest BCUT2D eigenvalue weighted by Crippen LogP contribution is -2.30. The summed E-state index contributed by atoms with van der Waals surface area (Å²) < 4.78 is 13.2. The van der Waals surface area contributed by atoms with Crippen LogP contribution in [0.5, 0.6) is 0 Å². The molecule has 0 aliphatic heterocycles. The number of anilines is 1. The summed E-state index contributed by atoms with van der Waals surface area (Å²) in [5, 5.41) is 2.56. The van der Waals surface area contributed by atoms with Crippen molar-refractivity contribution in [1.29, 1.82) is 0 Å². The minimum Gasteiger partial charge on any atom is -0.303 e. The van der Waals surface area contributed by atoms with Crippen LogP contribution in [0.4, 0.5) is 10.1 Å². The van der Waals surface area contributed by atoms with Gasteiger partial charge in [0.1, 0.15) is 11.5 Å². The zero-order valence-corrected chi connectivity index (χ0v) is 13.3. The van der Waals surface area contributed by atoms with Gasteiger partial charge in [0, 0.05) is 23.5 Å². The maximum Gasteiger partial charge on any atom is 0.278 e. The maximum atomic E-state index is 13.2. The molecule has 0 unspecified atom stereocenters. The average molecular weight is 327 g/mol. The highest BCUT2D eigenvalue weighted by Crippen LogP contribution is 2.21. The summed E-state index contributed by atoms with van der Waals surface area (Å²) in [6.07, 6.45) is 3.38. The van der Waals surface area contributed by atoms with Crippen molar-refractivity contribution in [3.63, 3.8) is 0 Å². The van der Waals surface area contributed by atoms with Crippen molar-refractivity contribution in [3.8, 4) is 0 Å². The van der Waals surface area contributed by atoms with Gasteiger partial charge in [0.15, 0.2) is 0 Å². The minimum atomic E-state index is -0.341. The zero-order valence-electron chi connectivity index (χ0n) is 12.4. The van der Waals surface area contributed by atoms with E-state index >= 15 is 0 Å². The summed E-state index contributed by atoms with van der Waals surface area (Å²) in [6.45, 7) is 2.19. The molecule has 0 fully saturated rings. The Labute approximate surface area is 137 Å².